The van der Waals surface area contributed by atoms with Gasteiger partial charge in [0, 0.05) is 19.0 Å². The number of hydrogen-bond donors (Lipinski definition) is 1. The molecule has 1 aromatic rings. The van der Waals surface area contributed by atoms with E-state index in [0.717, 1.165) is 5.56 Å². The van der Waals surface area contributed by atoms with Crippen molar-refractivity contribution in [3.63, 3.8) is 0 Å². The monoisotopic (exact) mass is 323 g/mol. The van der Waals surface area contributed by atoms with Crippen molar-refractivity contribution >= 4 is 11.9 Å². The molecule has 0 aromatic heterocycles. The number of carboxylic acids is 1. The predicted octanol–water partition coefficient (Wildman–Crippen LogP) is 0.948. The van der Waals surface area contributed by atoms with Gasteiger partial charge in [0.15, 0.2) is 6.10 Å². The highest BCUT2D eigenvalue weighted by Crippen LogP contribution is 2.23. The van der Waals surface area contributed by atoms with Crippen LogP contribution in [0.25, 0.3) is 0 Å². The summed E-state index contributed by atoms with van der Waals surface area (Å²) in [6.07, 6.45) is -0.117. The summed E-state index contributed by atoms with van der Waals surface area (Å²) in [5.41, 5.74) is 0.928. The quantitative estimate of drug-likeness (QED) is 0.839. The van der Waals surface area contributed by atoms with Crippen molar-refractivity contribution in [2.45, 2.75) is 18.9 Å². The molecule has 1 amide bonds. The molecule has 0 saturated carbocycles. The minimum absolute atomic E-state index is 0.0821. The van der Waals surface area contributed by atoms with E-state index in [4.69, 9.17) is 19.3 Å². The molecule has 1 atom stereocenters. The van der Waals surface area contributed by atoms with E-state index in [1.54, 1.807) is 25.2 Å². The van der Waals surface area contributed by atoms with Gasteiger partial charge in [-0.3, -0.25) is 4.79 Å². The summed E-state index contributed by atoms with van der Waals surface area (Å²) in [7, 11) is 3.15. The Morgan fingerprint density at radius 3 is 2.48 bits per heavy atom. The number of ether oxygens (including phenoxy) is 3. The van der Waals surface area contributed by atoms with Gasteiger partial charge in [0.05, 0.1) is 27.4 Å². The van der Waals surface area contributed by atoms with Crippen molar-refractivity contribution in [3.05, 3.63) is 23.8 Å². The van der Waals surface area contributed by atoms with Crippen molar-refractivity contribution in [3.8, 4) is 11.5 Å². The molecule has 1 fully saturated rings. The minimum atomic E-state index is -1.04. The summed E-state index contributed by atoms with van der Waals surface area (Å²) in [4.78, 5) is 24.8. The second-order valence-electron chi connectivity index (χ2n) is 5.26. The summed E-state index contributed by atoms with van der Waals surface area (Å²) in [5.74, 6) is 0.217. The van der Waals surface area contributed by atoms with Crippen molar-refractivity contribution < 1.29 is 28.9 Å². The number of carboxylic acid groups (broad SMARTS) is 1. The third-order valence-corrected chi connectivity index (χ3v) is 3.73. The van der Waals surface area contributed by atoms with Crippen LogP contribution in [-0.2, 0) is 20.7 Å². The van der Waals surface area contributed by atoms with Crippen LogP contribution in [0.4, 0.5) is 0 Å². The second kappa shape index (κ2) is 7.82. The average Bonchev–Trinajstić information content (AvgIpc) is 2.59. The Morgan fingerprint density at radius 2 is 1.91 bits per heavy atom. The Kier molecular flexibility index (Phi) is 5.81. The summed E-state index contributed by atoms with van der Waals surface area (Å²) in [6.45, 7) is 0.759. The minimum Gasteiger partial charge on any atom is -0.497 e. The number of carbonyl (C=O) groups excluding carboxylic acids is 1. The van der Waals surface area contributed by atoms with Crippen molar-refractivity contribution in [2.75, 3.05) is 33.9 Å². The zero-order chi connectivity index (χ0) is 16.8. The first-order valence-corrected chi connectivity index (χ1v) is 7.37. The number of aryl methyl sites for hydroxylation is 1. The van der Waals surface area contributed by atoms with Gasteiger partial charge in [-0.15, -0.1) is 0 Å². The topological polar surface area (TPSA) is 85.3 Å². The Labute approximate surface area is 134 Å². The normalized spacial score (nSPS) is 17.7. The first kappa shape index (κ1) is 17.1. The molecule has 126 valence electrons. The van der Waals surface area contributed by atoms with Crippen LogP contribution in [0.1, 0.15) is 12.0 Å². The van der Waals surface area contributed by atoms with Gasteiger partial charge in [0.2, 0.25) is 5.91 Å². The van der Waals surface area contributed by atoms with E-state index < -0.39 is 12.1 Å². The first-order valence-electron chi connectivity index (χ1n) is 7.37. The Hall–Kier alpha value is -2.28. The highest BCUT2D eigenvalue weighted by Gasteiger charge is 2.28. The molecule has 1 saturated heterocycles. The van der Waals surface area contributed by atoms with Crippen LogP contribution < -0.4 is 9.47 Å². The van der Waals surface area contributed by atoms with E-state index in [1.165, 1.54) is 0 Å². The molecular weight excluding hydrogens is 302 g/mol. The molecule has 0 aliphatic carbocycles. The zero-order valence-corrected chi connectivity index (χ0v) is 13.3. The van der Waals surface area contributed by atoms with Crippen molar-refractivity contribution in [1.29, 1.82) is 0 Å². The number of carbonyl (C=O) groups is 2. The fourth-order valence-corrected chi connectivity index (χ4v) is 2.45. The van der Waals surface area contributed by atoms with E-state index in [1.807, 2.05) is 12.1 Å². The fourth-order valence-electron chi connectivity index (χ4n) is 2.45. The van der Waals surface area contributed by atoms with Crippen molar-refractivity contribution in [2.24, 2.45) is 0 Å². The van der Waals surface area contributed by atoms with Crippen LogP contribution in [-0.4, -0.2) is 61.9 Å². The maximum absolute atomic E-state index is 12.3. The van der Waals surface area contributed by atoms with Crippen LogP contribution in [0.3, 0.4) is 0 Å². The molecule has 0 bridgehead atoms. The highest BCUT2D eigenvalue weighted by atomic mass is 16.5. The van der Waals surface area contributed by atoms with Crippen LogP contribution in [0, 0.1) is 0 Å². The lowest BCUT2D eigenvalue weighted by atomic mass is 10.1. The number of methoxy groups -OCH3 is 2. The average molecular weight is 323 g/mol. The first-order chi connectivity index (χ1) is 11.0. The molecule has 0 spiro atoms. The molecule has 1 heterocycles. The maximum atomic E-state index is 12.3. The Morgan fingerprint density at radius 1 is 1.26 bits per heavy atom. The molecule has 7 nitrogen and oxygen atoms in total. The van der Waals surface area contributed by atoms with Crippen LogP contribution in [0.2, 0.25) is 0 Å². The standard InChI is InChI=1S/C16H21NO6/c1-21-12-7-11(8-13(9-12)22-2)3-4-15(18)17-5-6-23-14(10-17)16(19)20/h7-9,14H,3-6,10H2,1-2H3,(H,19,20). The largest absolute Gasteiger partial charge is 0.497 e. The zero-order valence-electron chi connectivity index (χ0n) is 13.3. The molecular formula is C16H21NO6. The smallest absolute Gasteiger partial charge is 0.334 e. The molecule has 7 heteroatoms. The summed E-state index contributed by atoms with van der Waals surface area (Å²) in [5, 5.41) is 8.97. The predicted molar refractivity (Wildman–Crippen MR) is 81.8 cm³/mol. The fraction of sp³-hybridized carbons (Fsp3) is 0.500. The van der Waals surface area contributed by atoms with Crippen molar-refractivity contribution in [1.82, 2.24) is 4.90 Å². The molecule has 1 aliphatic rings. The molecule has 1 N–H and O–H groups in total. The summed E-state index contributed by atoms with van der Waals surface area (Å²) >= 11 is 0. The van der Waals surface area contributed by atoms with Crippen LogP contribution in [0.5, 0.6) is 11.5 Å². The van der Waals surface area contributed by atoms with Gasteiger partial charge in [-0.05, 0) is 24.1 Å². The molecule has 0 radical (unpaired) electrons. The number of benzene rings is 1. The van der Waals surface area contributed by atoms with E-state index in [0.29, 0.717) is 30.9 Å². The molecule has 1 aliphatic heterocycles. The Bertz CT molecular complexity index is 551. The third kappa shape index (κ3) is 4.59. The lowest BCUT2D eigenvalue weighted by Gasteiger charge is -2.31. The molecule has 2 rings (SSSR count). The number of aliphatic carboxylic acids is 1. The summed E-state index contributed by atoms with van der Waals surface area (Å²) in [6, 6.07) is 5.48. The van der Waals surface area contributed by atoms with E-state index >= 15 is 0 Å². The van der Waals surface area contributed by atoms with Gasteiger partial charge in [0.1, 0.15) is 11.5 Å². The van der Waals surface area contributed by atoms with E-state index in [2.05, 4.69) is 0 Å². The lowest BCUT2D eigenvalue weighted by molar-refractivity contribution is -0.159. The maximum Gasteiger partial charge on any atom is 0.334 e. The number of hydrogen-bond acceptors (Lipinski definition) is 5. The number of morpholine rings is 1. The summed E-state index contributed by atoms with van der Waals surface area (Å²) < 4.78 is 15.5. The number of nitrogens with zero attached hydrogens (tertiary/aromatic N) is 1. The van der Waals surface area contributed by atoms with Gasteiger partial charge in [-0.2, -0.15) is 0 Å². The molecule has 1 unspecified atom stereocenters. The highest BCUT2D eigenvalue weighted by molar-refractivity contribution is 5.79. The van der Waals surface area contributed by atoms with Crippen LogP contribution >= 0.6 is 0 Å². The SMILES string of the molecule is COc1cc(CCC(=O)N2CCOC(C(=O)O)C2)cc(OC)c1. The van der Waals surface area contributed by atoms with Gasteiger partial charge >= 0.3 is 5.97 Å². The van der Waals surface area contributed by atoms with Crippen LogP contribution in [0.15, 0.2) is 18.2 Å². The molecule has 1 aromatic carbocycles. The number of amides is 1. The van der Waals surface area contributed by atoms with E-state index in [9.17, 15) is 9.59 Å². The number of rotatable bonds is 6. The van der Waals surface area contributed by atoms with Gasteiger partial charge in [-0.25, -0.2) is 4.79 Å². The second-order valence-corrected chi connectivity index (χ2v) is 5.26. The van der Waals surface area contributed by atoms with Gasteiger partial charge < -0.3 is 24.2 Å². The van der Waals surface area contributed by atoms with E-state index in [-0.39, 0.29) is 19.1 Å². The lowest BCUT2D eigenvalue weighted by Crippen LogP contribution is -2.48. The van der Waals surface area contributed by atoms with Gasteiger partial charge in [0.25, 0.3) is 0 Å². The molecule has 23 heavy (non-hydrogen) atoms. The Balaban J connectivity index is 1.95. The van der Waals surface area contributed by atoms with Gasteiger partial charge in [-0.1, -0.05) is 0 Å². The third-order valence-electron chi connectivity index (χ3n) is 3.73.